The Morgan fingerprint density at radius 2 is 0.724 bits per heavy atom. The number of aromatic nitrogens is 29. The number of carbonyl (C=O) groups is 2. The van der Waals surface area contributed by atoms with Crippen molar-refractivity contribution in [2.24, 2.45) is 0 Å². The van der Waals surface area contributed by atoms with Gasteiger partial charge in [-0.05, 0) is 191 Å². The second-order valence-electron chi connectivity index (χ2n) is 39.9. The van der Waals surface area contributed by atoms with E-state index >= 15 is 0 Å². The molecule has 26 rings (SSSR count). The molecule has 5 aliphatic rings. The average Bonchev–Trinajstić information content (AvgIpc) is 1.65. The first kappa shape index (κ1) is 92.9. The van der Waals surface area contributed by atoms with Crippen LogP contribution in [-0.4, -0.2) is 243 Å². The van der Waals surface area contributed by atoms with Crippen LogP contribution in [0.4, 0.5) is 4.79 Å². The van der Waals surface area contributed by atoms with Crippen LogP contribution < -0.4 is 0 Å². The average molecular weight is 1960 g/mol. The molecule has 0 bridgehead atoms. The van der Waals surface area contributed by atoms with E-state index < -0.39 is 5.60 Å². The standard InChI is InChI=1S/C30H28N8O.C27H30N8.C26H28ClN9O2.C25H28N8/c1-21-5-7-22(8-6-21)30(39)35-12-9-25(10-13-35)37-19-24(16-33-37)23-14-28-27(31-15-23)18-34-38(28)20-26-17-32-29-4-2-3-11-36(26)29;1-2-6-22(5-1)32-11-8-23(9-12-32)34-18-21(15-30-34)20-13-26-25(28-14-20)17-31-35(26)19-24-16-29-27-7-3-4-10-33(24)27;1-26(2,3)38-25(37)33-8-6-19(7-9-33)34-15-18(12-30-34)17-10-22-21(28-11-17)14-31-35(22)16-20-13-29-24-5-4-23(27)32-36(20)24;1-18(2)30-9-6-21(7-10-30)32-16-20(13-28-32)19-11-24-23(26-12-19)15-29-33(24)17-22-14-27-25-5-3-4-8-31(22)25/h2-8,11,14-19,25H,9-10,12-13,20H2,1H3;3-4,7,10,13-18,22-23H,1-2,5-6,8-9,11-12,19H2;4-5,10-15,19H,6-9,16H2,1-3H3;3-5,8,11-16,18,21H,6-7,9-10,17H2,1-2H3. The van der Waals surface area contributed by atoms with Gasteiger partial charge >= 0.3 is 6.09 Å². The summed E-state index contributed by atoms with van der Waals surface area (Å²) < 4.78 is 29.7. The number of hydrogen-bond acceptors (Lipinski definition) is 22. The number of imidazole rings is 4. The molecular formula is C108H114ClN33O3. The van der Waals surface area contributed by atoms with Crippen LogP contribution in [0.5, 0.6) is 0 Å². The number of pyridine rings is 7. The summed E-state index contributed by atoms with van der Waals surface area (Å²) in [6, 6.07) is 40.8. The van der Waals surface area contributed by atoms with Crippen molar-refractivity contribution in [1.29, 1.82) is 0 Å². The highest BCUT2D eigenvalue weighted by Crippen LogP contribution is 2.37. The predicted molar refractivity (Wildman–Crippen MR) is 553 cm³/mol. The third kappa shape index (κ3) is 19.9. The van der Waals surface area contributed by atoms with E-state index in [1.807, 2.05) is 251 Å². The first-order valence-electron chi connectivity index (χ1n) is 50.3. The number of nitrogens with zero attached hydrogens (tertiary/aromatic N) is 33. The molecule has 0 atom stereocenters. The van der Waals surface area contributed by atoms with E-state index in [-0.39, 0.29) is 24.1 Å². The molecule has 0 N–H and O–H groups in total. The van der Waals surface area contributed by atoms with Crippen LogP contribution in [0.3, 0.4) is 0 Å². The van der Waals surface area contributed by atoms with Crippen LogP contribution in [-0.2, 0) is 30.9 Å². The zero-order valence-electron chi connectivity index (χ0n) is 82.0. The maximum absolute atomic E-state index is 12.9. The van der Waals surface area contributed by atoms with Crippen molar-refractivity contribution in [3.8, 4) is 44.5 Å². The number of rotatable bonds is 19. The monoisotopic (exact) mass is 1960 g/mol. The lowest BCUT2D eigenvalue weighted by Gasteiger charge is -2.36. The van der Waals surface area contributed by atoms with E-state index in [0.29, 0.717) is 62.5 Å². The molecule has 4 aliphatic heterocycles. The minimum Gasteiger partial charge on any atom is -0.444 e. The topological polar surface area (TPSA) is 333 Å². The zero-order chi connectivity index (χ0) is 98.3. The maximum atomic E-state index is 12.9. The molecule has 1 aromatic carbocycles. The van der Waals surface area contributed by atoms with Crippen LogP contribution in [0.2, 0.25) is 5.15 Å². The molecule has 0 unspecified atom stereocenters. The Hall–Kier alpha value is -15.8. The molecule has 736 valence electrons. The van der Waals surface area contributed by atoms with Crippen LogP contribution in [0.1, 0.15) is 175 Å². The summed E-state index contributed by atoms with van der Waals surface area (Å²) in [5.41, 5.74) is 24.7. The maximum Gasteiger partial charge on any atom is 0.410 e. The highest BCUT2D eigenvalue weighted by atomic mass is 35.5. The second-order valence-corrected chi connectivity index (χ2v) is 40.3. The second kappa shape index (κ2) is 40.2. The quantitative estimate of drug-likeness (QED) is 0.0725. The van der Waals surface area contributed by atoms with Crippen molar-refractivity contribution in [3.05, 3.63) is 297 Å². The molecule has 4 saturated heterocycles. The largest absolute Gasteiger partial charge is 0.444 e. The molecule has 1 saturated carbocycles. The van der Waals surface area contributed by atoms with Gasteiger partial charge < -0.3 is 37.5 Å². The van der Waals surface area contributed by atoms with Gasteiger partial charge in [-0.1, -0.05) is 60.3 Å². The lowest BCUT2D eigenvalue weighted by Crippen LogP contribution is -2.42. The molecule has 37 heteroatoms. The molecule has 2 amide bonds. The number of fused-ring (bicyclic) bond motifs is 8. The lowest BCUT2D eigenvalue weighted by molar-refractivity contribution is 0.0184. The van der Waals surface area contributed by atoms with Gasteiger partial charge in [0, 0.05) is 183 Å². The number of amides is 2. The molecule has 21 aromatic rings. The van der Waals surface area contributed by atoms with Gasteiger partial charge in [0.25, 0.3) is 5.91 Å². The number of piperidine rings is 4. The number of benzene rings is 1. The van der Waals surface area contributed by atoms with Crippen LogP contribution in [0, 0.1) is 6.92 Å². The minimum absolute atomic E-state index is 0.106. The normalized spacial score (nSPS) is 15.8. The van der Waals surface area contributed by atoms with Gasteiger partial charge in [0.2, 0.25) is 0 Å². The number of aryl methyl sites for hydroxylation is 1. The van der Waals surface area contributed by atoms with Crippen molar-refractivity contribution in [2.45, 2.75) is 187 Å². The summed E-state index contributed by atoms with van der Waals surface area (Å²) in [4.78, 5) is 70.9. The van der Waals surface area contributed by atoms with Gasteiger partial charge in [0.15, 0.2) is 5.65 Å². The van der Waals surface area contributed by atoms with E-state index in [1.165, 1.54) is 51.6 Å². The Balaban J connectivity index is 0.000000107. The van der Waals surface area contributed by atoms with Crippen molar-refractivity contribution >= 4 is 90.3 Å². The first-order chi connectivity index (χ1) is 70.8. The van der Waals surface area contributed by atoms with Crippen LogP contribution in [0.15, 0.2) is 258 Å². The summed E-state index contributed by atoms with van der Waals surface area (Å²) in [6.07, 6.45) is 58.0. The molecule has 36 nitrogen and oxygen atoms in total. The summed E-state index contributed by atoms with van der Waals surface area (Å²) in [6.45, 7) is 22.0. The van der Waals surface area contributed by atoms with Gasteiger partial charge in [-0.2, -0.15) is 45.9 Å². The summed E-state index contributed by atoms with van der Waals surface area (Å²) >= 11 is 6.09. The van der Waals surface area contributed by atoms with E-state index in [1.54, 1.807) is 34.1 Å². The van der Waals surface area contributed by atoms with Gasteiger partial charge in [-0.15, -0.1) is 0 Å². The van der Waals surface area contributed by atoms with Crippen molar-refractivity contribution in [1.82, 2.24) is 161 Å². The molecule has 1 aliphatic carbocycles. The molecule has 0 spiro atoms. The Bertz CT molecular complexity index is 8170. The number of hydrogen-bond donors (Lipinski definition) is 0. The highest BCUT2D eigenvalue weighted by molar-refractivity contribution is 6.29. The SMILES string of the molecule is CC(C)(C)OC(=O)N1CCC(n2cc(-c3cnc4cnn(Cc5cnc6ccc(Cl)nn56)c4c3)cn2)CC1.CC(C)N1CCC(n2cc(-c3cnc4cnn(Cc5cnc6ccccn56)c4c3)cn2)CC1.Cc1ccc(C(=O)N2CCC(n3cc(-c4cnc5cnn(Cc6cnc7ccccn67)c5c4)cn3)CC2)cc1.c1ccn2c(Cn3ncc4ncc(-c5cnn(C6CCN(C7CCCC7)CC6)c5)cc43)cnc2c1. The molecule has 24 heterocycles. The number of ether oxygens (including phenoxy) is 1. The fraction of sp³-hybridized carbons (Fsp3) is 0.343. The fourth-order valence-electron chi connectivity index (χ4n) is 20.9. The third-order valence-electron chi connectivity index (χ3n) is 29.1. The number of halogens is 1. The molecule has 5 fully saturated rings. The van der Waals surface area contributed by atoms with Gasteiger partial charge in [0.05, 0.1) is 170 Å². The molecular weight excluding hydrogens is 1840 g/mol. The van der Waals surface area contributed by atoms with E-state index in [0.717, 1.165) is 216 Å². The third-order valence-corrected chi connectivity index (χ3v) is 29.3. The number of carbonyl (C=O) groups excluding carboxylic acids is 2. The minimum atomic E-state index is -0.493. The van der Waals surface area contributed by atoms with Gasteiger partial charge in [-0.3, -0.25) is 62.2 Å². The zero-order valence-corrected chi connectivity index (χ0v) is 82.8. The van der Waals surface area contributed by atoms with Gasteiger partial charge in [-0.25, -0.2) is 29.2 Å². The Morgan fingerprint density at radius 3 is 1.11 bits per heavy atom. The summed E-state index contributed by atoms with van der Waals surface area (Å²) in [5, 5.41) is 41.9. The van der Waals surface area contributed by atoms with Gasteiger partial charge in [0.1, 0.15) is 49.8 Å². The smallest absolute Gasteiger partial charge is 0.410 e. The van der Waals surface area contributed by atoms with E-state index in [2.05, 4.69) is 155 Å². The van der Waals surface area contributed by atoms with Crippen LogP contribution >= 0.6 is 11.6 Å². The molecule has 0 radical (unpaired) electrons. The van der Waals surface area contributed by atoms with Crippen molar-refractivity contribution in [2.75, 3.05) is 52.4 Å². The van der Waals surface area contributed by atoms with Crippen molar-refractivity contribution in [3.63, 3.8) is 0 Å². The van der Waals surface area contributed by atoms with Crippen molar-refractivity contribution < 1.29 is 14.3 Å². The number of likely N-dealkylation sites (tertiary alicyclic amines) is 4. The van der Waals surface area contributed by atoms with E-state index in [4.69, 9.17) is 36.6 Å². The Morgan fingerprint density at radius 1 is 0.366 bits per heavy atom. The summed E-state index contributed by atoms with van der Waals surface area (Å²) in [7, 11) is 0. The highest BCUT2D eigenvalue weighted by Gasteiger charge is 2.33. The molecule has 20 aromatic heterocycles. The Kier molecular flexibility index (Phi) is 25.7. The van der Waals surface area contributed by atoms with E-state index in [9.17, 15) is 9.59 Å². The molecule has 145 heavy (non-hydrogen) atoms. The lowest BCUT2D eigenvalue weighted by atomic mass is 10.0. The first-order valence-corrected chi connectivity index (χ1v) is 50.7. The Labute approximate surface area is 840 Å². The van der Waals surface area contributed by atoms with Crippen LogP contribution in [0.25, 0.3) is 111 Å². The fourth-order valence-corrected chi connectivity index (χ4v) is 21.1. The summed E-state index contributed by atoms with van der Waals surface area (Å²) in [5.74, 6) is 0.106. The predicted octanol–water partition coefficient (Wildman–Crippen LogP) is 18.0.